The zero-order valence-electron chi connectivity index (χ0n) is 11.6. The highest BCUT2D eigenvalue weighted by molar-refractivity contribution is 5.73. The van der Waals surface area contributed by atoms with Gasteiger partial charge in [0.15, 0.2) is 0 Å². The molecule has 0 aliphatic heterocycles. The van der Waals surface area contributed by atoms with Gasteiger partial charge in [0.1, 0.15) is 11.6 Å². The van der Waals surface area contributed by atoms with Gasteiger partial charge in [0.25, 0.3) is 0 Å². The van der Waals surface area contributed by atoms with E-state index in [-0.39, 0.29) is 5.82 Å². The third-order valence-electron chi connectivity index (χ3n) is 3.36. The Bertz CT molecular complexity index is 739. The number of hydrogen-bond donors (Lipinski definition) is 0. The lowest BCUT2D eigenvalue weighted by molar-refractivity contribution is 0.415. The number of rotatable bonds is 3. The van der Waals surface area contributed by atoms with E-state index in [2.05, 4.69) is 4.98 Å². The quantitative estimate of drug-likeness (QED) is 0.701. The van der Waals surface area contributed by atoms with E-state index < -0.39 is 0 Å². The molecule has 0 N–H and O–H groups in total. The Labute approximate surface area is 122 Å². The summed E-state index contributed by atoms with van der Waals surface area (Å²) < 4.78 is 19.2. The summed E-state index contributed by atoms with van der Waals surface area (Å²) in [6.45, 7) is 0. The van der Waals surface area contributed by atoms with Crippen molar-refractivity contribution in [1.82, 2.24) is 4.98 Å². The minimum Gasteiger partial charge on any atom is -0.497 e. The Morgan fingerprint density at radius 3 is 2.33 bits per heavy atom. The molecule has 3 rings (SSSR count). The summed E-state index contributed by atoms with van der Waals surface area (Å²) in [5, 5.41) is 0. The van der Waals surface area contributed by atoms with Gasteiger partial charge in [-0.25, -0.2) is 4.39 Å². The summed E-state index contributed by atoms with van der Waals surface area (Å²) in [6, 6.07) is 16.3. The fourth-order valence-corrected chi connectivity index (χ4v) is 2.23. The van der Waals surface area contributed by atoms with E-state index in [1.807, 2.05) is 42.5 Å². The van der Waals surface area contributed by atoms with Crippen LogP contribution in [0, 0.1) is 5.82 Å². The van der Waals surface area contributed by atoms with Crippen LogP contribution in [0.2, 0.25) is 0 Å². The van der Waals surface area contributed by atoms with Crippen molar-refractivity contribution in [2.75, 3.05) is 7.11 Å². The van der Waals surface area contributed by atoms with Gasteiger partial charge in [-0.1, -0.05) is 24.3 Å². The van der Waals surface area contributed by atoms with Crippen LogP contribution in [0.4, 0.5) is 4.39 Å². The third kappa shape index (κ3) is 2.77. The first-order valence-electron chi connectivity index (χ1n) is 6.62. The van der Waals surface area contributed by atoms with Crippen molar-refractivity contribution in [3.63, 3.8) is 0 Å². The lowest BCUT2D eigenvalue weighted by Gasteiger charge is -2.08. The highest BCUT2D eigenvalue weighted by Crippen LogP contribution is 2.29. The van der Waals surface area contributed by atoms with Crippen molar-refractivity contribution in [2.24, 2.45) is 0 Å². The van der Waals surface area contributed by atoms with Crippen LogP contribution in [0.1, 0.15) is 0 Å². The molecular weight excluding hydrogens is 265 g/mol. The highest BCUT2D eigenvalue weighted by atomic mass is 19.1. The fourth-order valence-electron chi connectivity index (χ4n) is 2.23. The van der Waals surface area contributed by atoms with E-state index in [4.69, 9.17) is 4.74 Å². The molecule has 0 bridgehead atoms. The maximum atomic E-state index is 14.1. The van der Waals surface area contributed by atoms with Gasteiger partial charge in [-0.05, 0) is 41.5 Å². The summed E-state index contributed by atoms with van der Waals surface area (Å²) in [7, 11) is 1.61. The van der Waals surface area contributed by atoms with Gasteiger partial charge in [0.2, 0.25) is 0 Å². The maximum Gasteiger partial charge on any atom is 0.131 e. The number of ether oxygens (including phenoxy) is 1. The molecule has 3 aromatic rings. The molecule has 104 valence electrons. The minimum atomic E-state index is -0.243. The smallest absolute Gasteiger partial charge is 0.131 e. The van der Waals surface area contributed by atoms with Gasteiger partial charge in [-0.2, -0.15) is 0 Å². The number of benzene rings is 2. The average Bonchev–Trinajstić information content (AvgIpc) is 2.56. The molecule has 0 unspecified atom stereocenters. The first-order chi connectivity index (χ1) is 10.3. The van der Waals surface area contributed by atoms with Crippen molar-refractivity contribution in [1.29, 1.82) is 0 Å². The van der Waals surface area contributed by atoms with Gasteiger partial charge in [0, 0.05) is 23.5 Å². The number of halogens is 1. The molecule has 1 aromatic heterocycles. The summed E-state index contributed by atoms with van der Waals surface area (Å²) in [5.74, 6) is 0.510. The Kier molecular flexibility index (Phi) is 3.65. The Morgan fingerprint density at radius 2 is 1.67 bits per heavy atom. The Hall–Kier alpha value is -2.68. The predicted molar refractivity (Wildman–Crippen MR) is 81.6 cm³/mol. The maximum absolute atomic E-state index is 14.1. The summed E-state index contributed by atoms with van der Waals surface area (Å²) in [5.41, 5.74) is 3.29. The van der Waals surface area contributed by atoms with E-state index in [0.29, 0.717) is 5.56 Å². The van der Waals surface area contributed by atoms with E-state index in [1.54, 1.807) is 25.6 Å². The number of pyridine rings is 1. The standard InChI is InChI=1S/C18H14FNO/c1-21-16-7-4-13(5-8-16)17-11-14(6-9-18(17)19)15-3-2-10-20-12-15/h2-12H,1H3. The van der Waals surface area contributed by atoms with E-state index in [0.717, 1.165) is 22.4 Å². The van der Waals surface area contributed by atoms with Crippen LogP contribution in [0.25, 0.3) is 22.3 Å². The molecule has 0 amide bonds. The molecule has 0 fully saturated rings. The van der Waals surface area contributed by atoms with Crippen molar-refractivity contribution in [3.05, 3.63) is 72.8 Å². The second-order valence-electron chi connectivity index (χ2n) is 4.66. The van der Waals surface area contributed by atoms with Crippen molar-refractivity contribution >= 4 is 0 Å². The fraction of sp³-hybridized carbons (Fsp3) is 0.0556. The number of hydrogen-bond acceptors (Lipinski definition) is 2. The van der Waals surface area contributed by atoms with Gasteiger partial charge >= 0.3 is 0 Å². The molecular formula is C18H14FNO. The summed E-state index contributed by atoms with van der Waals surface area (Å²) >= 11 is 0. The second kappa shape index (κ2) is 5.75. The predicted octanol–water partition coefficient (Wildman–Crippen LogP) is 4.56. The molecule has 0 radical (unpaired) electrons. The van der Waals surface area contributed by atoms with Crippen LogP contribution in [0.5, 0.6) is 5.75 Å². The molecule has 2 aromatic carbocycles. The van der Waals surface area contributed by atoms with Crippen LogP contribution in [-0.2, 0) is 0 Å². The zero-order valence-corrected chi connectivity index (χ0v) is 11.6. The molecule has 0 saturated carbocycles. The normalized spacial score (nSPS) is 10.4. The van der Waals surface area contributed by atoms with Gasteiger partial charge in [-0.15, -0.1) is 0 Å². The second-order valence-corrected chi connectivity index (χ2v) is 4.66. The van der Waals surface area contributed by atoms with Crippen molar-refractivity contribution < 1.29 is 9.13 Å². The van der Waals surface area contributed by atoms with Crippen LogP contribution in [0.3, 0.4) is 0 Å². The van der Waals surface area contributed by atoms with Crippen molar-refractivity contribution in [3.8, 4) is 28.0 Å². The van der Waals surface area contributed by atoms with E-state index in [1.165, 1.54) is 6.07 Å². The molecule has 21 heavy (non-hydrogen) atoms. The van der Waals surface area contributed by atoms with Crippen LogP contribution in [0.15, 0.2) is 67.0 Å². The largest absolute Gasteiger partial charge is 0.497 e. The van der Waals surface area contributed by atoms with Crippen molar-refractivity contribution in [2.45, 2.75) is 0 Å². The highest BCUT2D eigenvalue weighted by Gasteiger charge is 2.08. The van der Waals surface area contributed by atoms with E-state index >= 15 is 0 Å². The topological polar surface area (TPSA) is 22.1 Å². The number of methoxy groups -OCH3 is 1. The van der Waals surface area contributed by atoms with E-state index in [9.17, 15) is 4.39 Å². The molecule has 3 heteroatoms. The molecule has 0 saturated heterocycles. The minimum absolute atomic E-state index is 0.243. The van der Waals surface area contributed by atoms with Crippen LogP contribution >= 0.6 is 0 Å². The molecule has 0 aliphatic carbocycles. The number of nitrogens with zero attached hydrogens (tertiary/aromatic N) is 1. The molecule has 2 nitrogen and oxygen atoms in total. The van der Waals surface area contributed by atoms with Crippen LogP contribution < -0.4 is 4.74 Å². The Balaban J connectivity index is 2.05. The molecule has 1 heterocycles. The average molecular weight is 279 g/mol. The van der Waals surface area contributed by atoms with Crippen LogP contribution in [-0.4, -0.2) is 12.1 Å². The molecule has 0 atom stereocenters. The van der Waals surface area contributed by atoms with Gasteiger partial charge < -0.3 is 4.74 Å². The summed E-state index contributed by atoms with van der Waals surface area (Å²) in [6.07, 6.45) is 3.49. The Morgan fingerprint density at radius 1 is 0.905 bits per heavy atom. The zero-order chi connectivity index (χ0) is 14.7. The third-order valence-corrected chi connectivity index (χ3v) is 3.36. The van der Waals surface area contributed by atoms with Gasteiger partial charge in [0.05, 0.1) is 7.11 Å². The monoisotopic (exact) mass is 279 g/mol. The molecule has 0 aliphatic rings. The lowest BCUT2D eigenvalue weighted by atomic mass is 9.99. The molecule has 0 spiro atoms. The summed E-state index contributed by atoms with van der Waals surface area (Å²) in [4.78, 5) is 4.10. The number of aromatic nitrogens is 1. The first-order valence-corrected chi connectivity index (χ1v) is 6.62. The first kappa shape index (κ1) is 13.3. The van der Waals surface area contributed by atoms with Gasteiger partial charge in [-0.3, -0.25) is 4.98 Å². The lowest BCUT2D eigenvalue weighted by Crippen LogP contribution is -1.88. The SMILES string of the molecule is COc1ccc(-c2cc(-c3cccnc3)ccc2F)cc1.